The molecule has 1 fully saturated rings. The Morgan fingerprint density at radius 2 is 2.05 bits per heavy atom. The van der Waals surface area contributed by atoms with E-state index in [1.807, 2.05) is 0 Å². The van der Waals surface area contributed by atoms with Gasteiger partial charge in [0, 0.05) is 38.7 Å². The van der Waals surface area contributed by atoms with Crippen molar-refractivity contribution < 1.29 is 14.3 Å². The van der Waals surface area contributed by atoms with Crippen LogP contribution in [-0.2, 0) is 4.74 Å². The number of carbonyl (C=O) groups is 1. The van der Waals surface area contributed by atoms with E-state index < -0.39 is 0 Å². The van der Waals surface area contributed by atoms with E-state index in [-0.39, 0.29) is 12.0 Å². The first-order chi connectivity index (χ1) is 9.08. The molecule has 0 atom stereocenters. The SMILES string of the molecule is CN(C)C(=O)c1ccc(N)cc1OC1CCOCC1. The molecule has 1 aliphatic heterocycles. The Labute approximate surface area is 113 Å². The van der Waals surface area contributed by atoms with Crippen LogP contribution in [-0.4, -0.2) is 44.2 Å². The first kappa shape index (κ1) is 13.7. The molecule has 5 heteroatoms. The van der Waals surface area contributed by atoms with Gasteiger partial charge in [-0.3, -0.25) is 4.79 Å². The Balaban J connectivity index is 2.21. The van der Waals surface area contributed by atoms with Gasteiger partial charge in [0.2, 0.25) is 0 Å². The molecule has 1 amide bonds. The van der Waals surface area contributed by atoms with E-state index in [9.17, 15) is 4.79 Å². The molecule has 0 aliphatic carbocycles. The highest BCUT2D eigenvalue weighted by molar-refractivity contribution is 5.97. The van der Waals surface area contributed by atoms with Gasteiger partial charge in [0.15, 0.2) is 0 Å². The Hall–Kier alpha value is -1.75. The topological polar surface area (TPSA) is 64.8 Å². The van der Waals surface area contributed by atoms with Crippen LogP contribution in [0.2, 0.25) is 0 Å². The largest absolute Gasteiger partial charge is 0.489 e. The lowest BCUT2D eigenvalue weighted by Gasteiger charge is -2.25. The maximum absolute atomic E-state index is 12.1. The van der Waals surface area contributed by atoms with Crippen LogP contribution in [0.1, 0.15) is 23.2 Å². The van der Waals surface area contributed by atoms with Crippen LogP contribution >= 0.6 is 0 Å². The molecule has 1 heterocycles. The normalized spacial score (nSPS) is 16.1. The van der Waals surface area contributed by atoms with Crippen molar-refractivity contribution in [3.8, 4) is 5.75 Å². The molecule has 0 saturated carbocycles. The molecule has 2 rings (SSSR count). The second-order valence-electron chi connectivity index (χ2n) is 4.88. The predicted octanol–water partition coefficient (Wildman–Crippen LogP) is 1.53. The van der Waals surface area contributed by atoms with Crippen LogP contribution < -0.4 is 10.5 Å². The summed E-state index contributed by atoms with van der Waals surface area (Å²) in [6.45, 7) is 1.40. The summed E-state index contributed by atoms with van der Waals surface area (Å²) in [4.78, 5) is 13.6. The Bertz CT molecular complexity index is 454. The fraction of sp³-hybridized carbons (Fsp3) is 0.500. The summed E-state index contributed by atoms with van der Waals surface area (Å²) >= 11 is 0. The highest BCUT2D eigenvalue weighted by atomic mass is 16.5. The van der Waals surface area contributed by atoms with Crippen LogP contribution in [0.25, 0.3) is 0 Å². The number of nitrogens with two attached hydrogens (primary N) is 1. The molecule has 2 N–H and O–H groups in total. The van der Waals surface area contributed by atoms with E-state index in [0.717, 1.165) is 12.8 Å². The quantitative estimate of drug-likeness (QED) is 0.841. The second-order valence-corrected chi connectivity index (χ2v) is 4.88. The zero-order chi connectivity index (χ0) is 13.8. The summed E-state index contributed by atoms with van der Waals surface area (Å²) < 4.78 is 11.2. The molecule has 0 radical (unpaired) electrons. The molecule has 1 saturated heterocycles. The lowest BCUT2D eigenvalue weighted by Crippen LogP contribution is -2.28. The predicted molar refractivity (Wildman–Crippen MR) is 73.3 cm³/mol. The van der Waals surface area contributed by atoms with Gasteiger partial charge in [-0.2, -0.15) is 0 Å². The van der Waals surface area contributed by atoms with Crippen molar-refractivity contribution in [3.63, 3.8) is 0 Å². The molecule has 1 aliphatic rings. The number of hydrogen-bond acceptors (Lipinski definition) is 4. The standard InChI is InChI=1S/C14H20N2O3/c1-16(2)14(17)12-4-3-10(15)9-13(12)19-11-5-7-18-8-6-11/h3-4,9,11H,5-8,15H2,1-2H3. The summed E-state index contributed by atoms with van der Waals surface area (Å²) in [7, 11) is 3.44. The van der Waals surface area contributed by atoms with Gasteiger partial charge in [-0.05, 0) is 12.1 Å². The highest BCUT2D eigenvalue weighted by Gasteiger charge is 2.20. The number of anilines is 1. The van der Waals surface area contributed by atoms with Gasteiger partial charge in [0.25, 0.3) is 5.91 Å². The van der Waals surface area contributed by atoms with Crippen molar-refractivity contribution in [2.24, 2.45) is 0 Å². The van der Waals surface area contributed by atoms with E-state index in [1.165, 1.54) is 4.90 Å². The monoisotopic (exact) mass is 264 g/mol. The number of ether oxygens (including phenoxy) is 2. The maximum Gasteiger partial charge on any atom is 0.257 e. The van der Waals surface area contributed by atoms with E-state index in [4.69, 9.17) is 15.2 Å². The van der Waals surface area contributed by atoms with Crippen LogP contribution in [0.15, 0.2) is 18.2 Å². The second kappa shape index (κ2) is 5.93. The molecule has 1 aromatic carbocycles. The maximum atomic E-state index is 12.1. The van der Waals surface area contributed by atoms with Crippen molar-refractivity contribution in [1.82, 2.24) is 4.90 Å². The van der Waals surface area contributed by atoms with Crippen molar-refractivity contribution in [3.05, 3.63) is 23.8 Å². The molecule has 104 valence electrons. The van der Waals surface area contributed by atoms with Crippen LogP contribution in [0.4, 0.5) is 5.69 Å². The summed E-state index contributed by atoms with van der Waals surface area (Å²) in [5.74, 6) is 0.479. The third-order valence-electron chi connectivity index (χ3n) is 3.10. The van der Waals surface area contributed by atoms with Crippen LogP contribution in [0, 0.1) is 0 Å². The van der Waals surface area contributed by atoms with Crippen molar-refractivity contribution in [1.29, 1.82) is 0 Å². The number of benzene rings is 1. The number of nitrogen functional groups attached to an aromatic ring is 1. The summed E-state index contributed by atoms with van der Waals surface area (Å²) in [5, 5.41) is 0. The van der Waals surface area contributed by atoms with Gasteiger partial charge in [0.1, 0.15) is 11.9 Å². The summed E-state index contributed by atoms with van der Waals surface area (Å²) in [5.41, 5.74) is 6.92. The molecule has 0 bridgehead atoms. The Kier molecular flexibility index (Phi) is 4.27. The number of rotatable bonds is 3. The molecule has 0 spiro atoms. The molecular weight excluding hydrogens is 244 g/mol. The number of amides is 1. The first-order valence-corrected chi connectivity index (χ1v) is 6.43. The van der Waals surface area contributed by atoms with Gasteiger partial charge in [-0.1, -0.05) is 0 Å². The fourth-order valence-electron chi connectivity index (χ4n) is 2.03. The van der Waals surface area contributed by atoms with Crippen molar-refractivity contribution in [2.75, 3.05) is 33.0 Å². The minimum absolute atomic E-state index is 0.0814. The van der Waals surface area contributed by atoms with E-state index >= 15 is 0 Å². The summed E-state index contributed by atoms with van der Waals surface area (Å²) in [6, 6.07) is 5.14. The lowest BCUT2D eigenvalue weighted by atomic mass is 10.1. The number of carbonyl (C=O) groups excluding carboxylic acids is 1. The zero-order valence-corrected chi connectivity index (χ0v) is 11.4. The van der Waals surface area contributed by atoms with E-state index in [0.29, 0.717) is 30.2 Å². The fourth-order valence-corrected chi connectivity index (χ4v) is 2.03. The molecule has 1 aromatic rings. The van der Waals surface area contributed by atoms with Crippen molar-refractivity contribution >= 4 is 11.6 Å². The minimum atomic E-state index is -0.0814. The van der Waals surface area contributed by atoms with Gasteiger partial charge in [-0.25, -0.2) is 0 Å². The van der Waals surface area contributed by atoms with Crippen LogP contribution in [0.5, 0.6) is 5.75 Å². The average Bonchev–Trinajstić information content (AvgIpc) is 2.39. The highest BCUT2D eigenvalue weighted by Crippen LogP contribution is 2.26. The van der Waals surface area contributed by atoms with Gasteiger partial charge in [-0.15, -0.1) is 0 Å². The smallest absolute Gasteiger partial charge is 0.257 e. The Morgan fingerprint density at radius 1 is 1.37 bits per heavy atom. The molecule has 0 aromatic heterocycles. The van der Waals surface area contributed by atoms with E-state index in [2.05, 4.69) is 0 Å². The minimum Gasteiger partial charge on any atom is -0.489 e. The van der Waals surface area contributed by atoms with E-state index in [1.54, 1.807) is 32.3 Å². The number of nitrogens with zero attached hydrogens (tertiary/aromatic N) is 1. The summed E-state index contributed by atoms with van der Waals surface area (Å²) in [6.07, 6.45) is 1.76. The molecular formula is C14H20N2O3. The van der Waals surface area contributed by atoms with Gasteiger partial charge in [0.05, 0.1) is 18.8 Å². The number of hydrogen-bond donors (Lipinski definition) is 1. The third kappa shape index (κ3) is 3.38. The van der Waals surface area contributed by atoms with Crippen molar-refractivity contribution in [2.45, 2.75) is 18.9 Å². The lowest BCUT2D eigenvalue weighted by molar-refractivity contribution is 0.0251. The zero-order valence-electron chi connectivity index (χ0n) is 11.4. The van der Waals surface area contributed by atoms with Gasteiger partial charge >= 0.3 is 0 Å². The molecule has 19 heavy (non-hydrogen) atoms. The average molecular weight is 264 g/mol. The van der Waals surface area contributed by atoms with Crippen LogP contribution in [0.3, 0.4) is 0 Å². The molecule has 5 nitrogen and oxygen atoms in total. The first-order valence-electron chi connectivity index (χ1n) is 6.43. The molecule has 0 unspecified atom stereocenters. The third-order valence-corrected chi connectivity index (χ3v) is 3.10. The van der Waals surface area contributed by atoms with Gasteiger partial charge < -0.3 is 20.1 Å². The Morgan fingerprint density at radius 3 is 2.68 bits per heavy atom.